The van der Waals surface area contributed by atoms with Crippen molar-refractivity contribution in [2.75, 3.05) is 20.8 Å². The third-order valence-corrected chi connectivity index (χ3v) is 4.42. The van der Waals surface area contributed by atoms with Crippen LogP contribution in [-0.2, 0) is 26.3 Å². The fourth-order valence-electron chi connectivity index (χ4n) is 2.84. The second-order valence-electron chi connectivity index (χ2n) is 6.31. The summed E-state index contributed by atoms with van der Waals surface area (Å²) in [5, 5.41) is 2.81. The van der Waals surface area contributed by atoms with Crippen LogP contribution in [0.15, 0.2) is 42.7 Å². The van der Waals surface area contributed by atoms with Crippen LogP contribution in [0.5, 0.6) is 11.5 Å². The number of ether oxygens (including phenoxy) is 3. The molecule has 1 aromatic carbocycles. The number of rotatable bonds is 9. The Bertz CT molecular complexity index is 810. The molecule has 2 aromatic rings. The van der Waals surface area contributed by atoms with Gasteiger partial charge in [-0.2, -0.15) is 0 Å². The number of aryl methyl sites for hydroxylation is 1. The summed E-state index contributed by atoms with van der Waals surface area (Å²) in [6, 6.07) is 8.86. The number of aromatic nitrogens is 1. The van der Waals surface area contributed by atoms with Crippen LogP contribution in [0.2, 0.25) is 0 Å². The molecule has 7 nitrogen and oxygen atoms in total. The van der Waals surface area contributed by atoms with Crippen LogP contribution in [0, 0.1) is 0 Å². The Hall–Kier alpha value is -3.09. The molecule has 0 saturated carbocycles. The maximum absolute atomic E-state index is 12.7. The van der Waals surface area contributed by atoms with Gasteiger partial charge in [0.05, 0.1) is 20.8 Å². The van der Waals surface area contributed by atoms with E-state index in [0.717, 1.165) is 5.56 Å². The fourth-order valence-corrected chi connectivity index (χ4v) is 2.84. The number of esters is 1. The summed E-state index contributed by atoms with van der Waals surface area (Å²) in [6.45, 7) is 3.55. The summed E-state index contributed by atoms with van der Waals surface area (Å²) in [4.78, 5) is 29.3. The molecule has 0 radical (unpaired) electrons. The molecular formula is C21H26N2O5. The number of nitrogens with one attached hydrogen (secondary N) is 1. The molecule has 150 valence electrons. The van der Waals surface area contributed by atoms with Gasteiger partial charge in [0.1, 0.15) is 11.5 Å². The molecule has 0 unspecified atom stereocenters. The molecule has 0 spiro atoms. The molecule has 1 N–H and O–H groups in total. The maximum atomic E-state index is 12.7. The molecule has 1 aromatic heterocycles. The fraction of sp³-hybridized carbons (Fsp3) is 0.381. The summed E-state index contributed by atoms with van der Waals surface area (Å²) >= 11 is 0. The van der Waals surface area contributed by atoms with Gasteiger partial charge in [-0.05, 0) is 50.1 Å². The van der Waals surface area contributed by atoms with E-state index >= 15 is 0 Å². The molecule has 0 saturated heterocycles. The lowest BCUT2D eigenvalue weighted by Crippen LogP contribution is -2.50. The van der Waals surface area contributed by atoms with E-state index in [0.29, 0.717) is 23.5 Å². The number of amides is 1. The van der Waals surface area contributed by atoms with Crippen molar-refractivity contribution in [3.8, 4) is 11.5 Å². The van der Waals surface area contributed by atoms with Crippen molar-refractivity contribution < 1.29 is 23.8 Å². The first kappa shape index (κ1) is 21.2. The lowest BCUT2D eigenvalue weighted by molar-refractivity contribution is -0.153. The Morgan fingerprint density at radius 3 is 2.57 bits per heavy atom. The highest BCUT2D eigenvalue weighted by molar-refractivity contribution is 5.89. The maximum Gasteiger partial charge on any atom is 0.336 e. The molecule has 0 aliphatic heterocycles. The van der Waals surface area contributed by atoms with E-state index in [1.165, 1.54) is 0 Å². The van der Waals surface area contributed by atoms with Crippen LogP contribution >= 0.6 is 0 Å². The molecule has 0 fully saturated rings. The van der Waals surface area contributed by atoms with Gasteiger partial charge in [0.2, 0.25) is 5.91 Å². The van der Waals surface area contributed by atoms with E-state index in [9.17, 15) is 9.59 Å². The first-order valence-electron chi connectivity index (χ1n) is 9.04. The Kier molecular flexibility index (Phi) is 7.37. The predicted octanol–water partition coefficient (Wildman–Crippen LogP) is 2.63. The standard InChI is InChI=1S/C21H26N2O5/c1-5-28-20(25)21(2,16-7-6-12-22-14-16)23-19(24)11-8-15-13-17(26-3)9-10-18(15)27-4/h6-7,9-10,12-14H,5,8,11H2,1-4H3,(H,23,24)/t21-/m0/s1. The molecule has 1 heterocycles. The minimum Gasteiger partial charge on any atom is -0.497 e. The zero-order valence-corrected chi connectivity index (χ0v) is 16.7. The summed E-state index contributed by atoms with van der Waals surface area (Å²) in [5.41, 5.74) is 0.0804. The average Bonchev–Trinajstić information content (AvgIpc) is 2.72. The third kappa shape index (κ3) is 5.00. The molecule has 1 amide bonds. The normalized spacial score (nSPS) is 12.6. The summed E-state index contributed by atoms with van der Waals surface area (Å²) in [5.74, 6) is 0.538. The average molecular weight is 386 g/mol. The van der Waals surface area contributed by atoms with Gasteiger partial charge in [0, 0.05) is 24.4 Å². The summed E-state index contributed by atoms with van der Waals surface area (Å²) in [7, 11) is 3.16. The zero-order chi connectivity index (χ0) is 20.6. The van der Waals surface area contributed by atoms with Gasteiger partial charge in [-0.3, -0.25) is 9.78 Å². The third-order valence-electron chi connectivity index (χ3n) is 4.42. The van der Waals surface area contributed by atoms with Crippen LogP contribution < -0.4 is 14.8 Å². The molecule has 0 bridgehead atoms. The molecule has 0 aliphatic rings. The first-order chi connectivity index (χ1) is 13.4. The molecule has 28 heavy (non-hydrogen) atoms. The topological polar surface area (TPSA) is 86.8 Å². The number of carbonyl (C=O) groups is 2. The molecule has 1 atom stereocenters. The van der Waals surface area contributed by atoms with Gasteiger partial charge in [0.25, 0.3) is 0 Å². The molecule has 7 heteroatoms. The second kappa shape index (κ2) is 9.73. The number of carbonyl (C=O) groups excluding carboxylic acids is 2. The zero-order valence-electron chi connectivity index (χ0n) is 16.7. The Morgan fingerprint density at radius 1 is 1.18 bits per heavy atom. The number of hydrogen-bond acceptors (Lipinski definition) is 6. The highest BCUT2D eigenvalue weighted by atomic mass is 16.5. The Labute approximate surface area is 165 Å². The van der Waals surface area contributed by atoms with Gasteiger partial charge in [-0.15, -0.1) is 0 Å². The molecule has 2 rings (SSSR count). The summed E-state index contributed by atoms with van der Waals surface area (Å²) in [6.07, 6.45) is 3.74. The van der Waals surface area contributed by atoms with Gasteiger partial charge < -0.3 is 19.5 Å². The van der Waals surface area contributed by atoms with Crippen molar-refractivity contribution in [3.05, 3.63) is 53.9 Å². The van der Waals surface area contributed by atoms with Crippen molar-refractivity contribution >= 4 is 11.9 Å². The SMILES string of the molecule is CCOC(=O)[C@@](C)(NC(=O)CCc1cc(OC)ccc1OC)c1cccnc1. The lowest BCUT2D eigenvalue weighted by Gasteiger charge is -2.28. The van der Waals surface area contributed by atoms with E-state index in [1.807, 2.05) is 6.07 Å². The van der Waals surface area contributed by atoms with Gasteiger partial charge >= 0.3 is 5.97 Å². The number of nitrogens with zero attached hydrogens (tertiary/aromatic N) is 1. The van der Waals surface area contributed by atoms with E-state index in [2.05, 4.69) is 10.3 Å². The lowest BCUT2D eigenvalue weighted by atomic mass is 9.93. The molecule has 0 aliphatic carbocycles. The number of hydrogen-bond donors (Lipinski definition) is 1. The van der Waals surface area contributed by atoms with Crippen molar-refractivity contribution in [1.29, 1.82) is 0 Å². The van der Waals surface area contributed by atoms with E-state index < -0.39 is 11.5 Å². The smallest absolute Gasteiger partial charge is 0.336 e. The van der Waals surface area contributed by atoms with Crippen LogP contribution in [0.1, 0.15) is 31.4 Å². The second-order valence-corrected chi connectivity index (χ2v) is 6.31. The highest BCUT2D eigenvalue weighted by Crippen LogP contribution is 2.26. The van der Waals surface area contributed by atoms with Crippen LogP contribution in [0.25, 0.3) is 0 Å². The monoisotopic (exact) mass is 386 g/mol. The number of pyridine rings is 1. The number of benzene rings is 1. The van der Waals surface area contributed by atoms with Crippen molar-refractivity contribution in [1.82, 2.24) is 10.3 Å². The number of methoxy groups -OCH3 is 2. The van der Waals surface area contributed by atoms with Gasteiger partial charge in [-0.25, -0.2) is 4.79 Å². The first-order valence-corrected chi connectivity index (χ1v) is 9.04. The van der Waals surface area contributed by atoms with Crippen LogP contribution in [0.4, 0.5) is 0 Å². The van der Waals surface area contributed by atoms with E-state index in [-0.39, 0.29) is 18.9 Å². The van der Waals surface area contributed by atoms with Gasteiger partial charge in [0.15, 0.2) is 5.54 Å². The Balaban J connectivity index is 2.15. The highest BCUT2D eigenvalue weighted by Gasteiger charge is 2.38. The van der Waals surface area contributed by atoms with Gasteiger partial charge in [-0.1, -0.05) is 6.07 Å². The predicted molar refractivity (Wildman–Crippen MR) is 104 cm³/mol. The van der Waals surface area contributed by atoms with Crippen molar-refractivity contribution in [2.45, 2.75) is 32.2 Å². The van der Waals surface area contributed by atoms with Crippen molar-refractivity contribution in [2.24, 2.45) is 0 Å². The minimum absolute atomic E-state index is 0.165. The summed E-state index contributed by atoms with van der Waals surface area (Å²) < 4.78 is 15.8. The minimum atomic E-state index is -1.32. The largest absolute Gasteiger partial charge is 0.497 e. The molecular weight excluding hydrogens is 360 g/mol. The quantitative estimate of drug-likeness (QED) is 0.667. The van der Waals surface area contributed by atoms with Crippen molar-refractivity contribution in [3.63, 3.8) is 0 Å². The van der Waals surface area contributed by atoms with E-state index in [4.69, 9.17) is 14.2 Å². The van der Waals surface area contributed by atoms with Crippen LogP contribution in [-0.4, -0.2) is 37.7 Å². The van der Waals surface area contributed by atoms with E-state index in [1.54, 1.807) is 64.7 Å². The van der Waals surface area contributed by atoms with Crippen LogP contribution in [0.3, 0.4) is 0 Å². The Morgan fingerprint density at radius 2 is 1.96 bits per heavy atom.